The number of pyridine rings is 1. The fourth-order valence-electron chi connectivity index (χ4n) is 2.46. The molecular formula is C18H33ClNO4+. The van der Waals surface area contributed by atoms with Gasteiger partial charge in [-0.15, -0.1) is 0 Å². The van der Waals surface area contributed by atoms with Crippen molar-refractivity contribution in [3.05, 3.63) is 30.1 Å². The predicted octanol–water partition coefficient (Wildman–Crippen LogP) is 1.08. The summed E-state index contributed by atoms with van der Waals surface area (Å²) in [6.07, 6.45) is 18.5. The number of halogens is 1. The number of hydrogen-bond donors (Lipinski definition) is 1. The van der Waals surface area contributed by atoms with Crippen molar-refractivity contribution >= 4 is 0 Å². The van der Waals surface area contributed by atoms with E-state index < -0.39 is 10.2 Å². The highest BCUT2D eigenvalue weighted by atomic mass is 35.7. The van der Waals surface area contributed by atoms with Gasteiger partial charge in [0, 0.05) is 18.6 Å². The Bertz CT molecular complexity index is 387. The van der Waals surface area contributed by atoms with E-state index >= 15 is 0 Å². The molecule has 0 radical (unpaired) electrons. The predicted molar refractivity (Wildman–Crippen MR) is 85.4 cm³/mol. The van der Waals surface area contributed by atoms with E-state index in [1.807, 2.05) is 0 Å². The summed E-state index contributed by atoms with van der Waals surface area (Å²) < 4.78 is 35.0. The molecular weight excluding hydrogens is 330 g/mol. The highest BCUT2D eigenvalue weighted by molar-refractivity contribution is 5.03. The molecule has 0 aliphatic carbocycles. The molecule has 0 unspecified atom stereocenters. The van der Waals surface area contributed by atoms with Crippen molar-refractivity contribution in [1.29, 1.82) is 0 Å². The molecule has 6 heteroatoms. The van der Waals surface area contributed by atoms with Crippen LogP contribution in [-0.4, -0.2) is 4.66 Å². The summed E-state index contributed by atoms with van der Waals surface area (Å²) in [6, 6.07) is 4.38. The monoisotopic (exact) mass is 362 g/mol. The lowest BCUT2D eigenvalue weighted by atomic mass is 10.1. The normalized spacial score (nSPS) is 11.1. The summed E-state index contributed by atoms with van der Waals surface area (Å²) >= 11 is 0. The summed E-state index contributed by atoms with van der Waals surface area (Å²) in [5.74, 6) is 0. The third-order valence-electron chi connectivity index (χ3n) is 3.83. The van der Waals surface area contributed by atoms with Crippen molar-refractivity contribution in [1.82, 2.24) is 0 Å². The van der Waals surface area contributed by atoms with E-state index in [2.05, 4.69) is 42.9 Å². The van der Waals surface area contributed by atoms with Crippen LogP contribution in [-0.2, 0) is 6.54 Å². The standard InChI is InChI=1S/C18H32N.ClHO4/c1-3-4-5-6-7-8-9-10-11-12-15-19-16-13-18(2)14-17-19;2-1(3,4)5/h13-14,16-17H,3-12,15H2,1-2H3;(H,2,3,4,5)/q+1;. The van der Waals surface area contributed by atoms with Crippen LogP contribution in [0.1, 0.15) is 76.7 Å². The zero-order chi connectivity index (χ0) is 18.3. The molecule has 1 rings (SSSR count). The molecule has 0 aromatic carbocycles. The molecule has 0 amide bonds. The second kappa shape index (κ2) is 14.6. The van der Waals surface area contributed by atoms with E-state index in [1.54, 1.807) is 0 Å². The van der Waals surface area contributed by atoms with Gasteiger partial charge in [0.1, 0.15) is 6.54 Å². The third kappa shape index (κ3) is 19.3. The van der Waals surface area contributed by atoms with Gasteiger partial charge in [-0.1, -0.05) is 58.3 Å². The molecule has 1 heterocycles. The van der Waals surface area contributed by atoms with Crippen molar-refractivity contribution < 1.29 is 33.4 Å². The molecule has 0 fully saturated rings. The minimum Gasteiger partial charge on any atom is -0.205 e. The van der Waals surface area contributed by atoms with Crippen LogP contribution in [0.25, 0.3) is 0 Å². The number of hydrogen-bond acceptors (Lipinski definition) is 4. The van der Waals surface area contributed by atoms with Gasteiger partial charge >= 0.3 is 0 Å². The molecule has 1 N–H and O–H groups in total. The smallest absolute Gasteiger partial charge is 0.169 e. The lowest BCUT2D eigenvalue weighted by molar-refractivity contribution is -1.92. The maximum Gasteiger partial charge on any atom is 0.169 e. The molecule has 0 aliphatic rings. The van der Waals surface area contributed by atoms with Crippen LogP contribution < -0.4 is 18.5 Å². The van der Waals surface area contributed by atoms with Gasteiger partial charge < -0.3 is 0 Å². The first-order valence-corrected chi connectivity index (χ1v) is 10.2. The van der Waals surface area contributed by atoms with Crippen LogP contribution in [0.15, 0.2) is 24.5 Å². The first-order valence-electron chi connectivity index (χ1n) is 8.92. The molecule has 1 aromatic rings. The van der Waals surface area contributed by atoms with Crippen molar-refractivity contribution in [2.24, 2.45) is 0 Å². The Morgan fingerprint density at radius 2 is 1.21 bits per heavy atom. The second-order valence-electron chi connectivity index (χ2n) is 6.19. The quantitative estimate of drug-likeness (QED) is 0.471. The van der Waals surface area contributed by atoms with Gasteiger partial charge in [-0.05, 0) is 18.9 Å². The highest BCUT2D eigenvalue weighted by Gasteiger charge is 1.99. The average molecular weight is 363 g/mol. The zero-order valence-corrected chi connectivity index (χ0v) is 15.8. The van der Waals surface area contributed by atoms with Gasteiger partial charge in [0.05, 0.1) is 14.9 Å². The summed E-state index contributed by atoms with van der Waals surface area (Å²) in [5, 5.41) is 0. The van der Waals surface area contributed by atoms with Crippen molar-refractivity contribution in [3.8, 4) is 0 Å². The Morgan fingerprint density at radius 1 is 0.833 bits per heavy atom. The minimum absolute atomic E-state index is 1.18. The number of aryl methyl sites for hydroxylation is 2. The Morgan fingerprint density at radius 3 is 1.62 bits per heavy atom. The first-order chi connectivity index (χ1) is 11.3. The van der Waals surface area contributed by atoms with Crippen molar-refractivity contribution in [3.63, 3.8) is 0 Å². The van der Waals surface area contributed by atoms with Crippen LogP contribution in [0.5, 0.6) is 0 Å². The molecule has 140 valence electrons. The van der Waals surface area contributed by atoms with Crippen LogP contribution in [0.2, 0.25) is 0 Å². The number of nitrogens with zero attached hydrogens (tertiary/aromatic N) is 1. The number of aromatic nitrogens is 1. The molecule has 0 atom stereocenters. The SMILES string of the molecule is CCCCCCCCCCCC[n+]1ccc(C)cc1.[O-][Cl+3]([O-])([O-])O. The maximum atomic E-state index is 8.60. The maximum absolute atomic E-state index is 8.60. The molecule has 5 nitrogen and oxygen atoms in total. The summed E-state index contributed by atoms with van der Waals surface area (Å²) in [6.45, 7) is 5.60. The summed E-state index contributed by atoms with van der Waals surface area (Å²) in [7, 11) is -4.69. The van der Waals surface area contributed by atoms with E-state index in [1.165, 1.54) is 76.3 Å². The van der Waals surface area contributed by atoms with Crippen LogP contribution >= 0.6 is 0 Å². The third-order valence-corrected chi connectivity index (χ3v) is 3.83. The average Bonchev–Trinajstić information content (AvgIpc) is 2.49. The van der Waals surface area contributed by atoms with Crippen molar-refractivity contribution in [2.45, 2.75) is 84.6 Å². The van der Waals surface area contributed by atoms with E-state index in [0.717, 1.165) is 0 Å². The lowest BCUT2D eigenvalue weighted by Crippen LogP contribution is -2.58. The number of rotatable bonds is 11. The first kappa shape index (κ1) is 23.3. The van der Waals surface area contributed by atoms with Gasteiger partial charge in [0.15, 0.2) is 12.4 Å². The van der Waals surface area contributed by atoms with Crippen LogP contribution in [0.4, 0.5) is 0 Å². The summed E-state index contributed by atoms with van der Waals surface area (Å²) in [5.41, 5.74) is 1.35. The molecule has 0 bridgehead atoms. The van der Waals surface area contributed by atoms with E-state index in [-0.39, 0.29) is 0 Å². The lowest BCUT2D eigenvalue weighted by Gasteiger charge is -2.03. The van der Waals surface area contributed by atoms with Gasteiger partial charge in [0.25, 0.3) is 0 Å². The Hall–Kier alpha value is -0.720. The molecule has 1 aromatic heterocycles. The molecule has 0 spiro atoms. The molecule has 0 saturated carbocycles. The van der Waals surface area contributed by atoms with Gasteiger partial charge in [0.2, 0.25) is 0 Å². The van der Waals surface area contributed by atoms with Crippen molar-refractivity contribution in [2.75, 3.05) is 0 Å². The summed E-state index contributed by atoms with van der Waals surface area (Å²) in [4.78, 5) is 0. The Kier molecular flexibility index (Phi) is 14.2. The fourth-order valence-corrected chi connectivity index (χ4v) is 2.46. The van der Waals surface area contributed by atoms with Crippen LogP contribution in [0.3, 0.4) is 0 Å². The van der Waals surface area contributed by atoms with E-state index in [0.29, 0.717) is 0 Å². The molecule has 24 heavy (non-hydrogen) atoms. The van der Waals surface area contributed by atoms with E-state index in [4.69, 9.17) is 18.6 Å². The second-order valence-corrected chi connectivity index (χ2v) is 6.98. The zero-order valence-electron chi connectivity index (χ0n) is 15.1. The molecule has 0 aliphatic heterocycles. The highest BCUT2D eigenvalue weighted by Crippen LogP contribution is 2.10. The fraction of sp³-hybridized carbons (Fsp3) is 0.722. The number of unbranched alkanes of at least 4 members (excludes halogenated alkanes) is 9. The molecule has 0 saturated heterocycles. The minimum atomic E-state index is -4.69. The topological polar surface area (TPSA) is 93.3 Å². The Balaban J connectivity index is 0.000000922. The van der Waals surface area contributed by atoms with Gasteiger partial charge in [-0.3, -0.25) is 0 Å². The van der Waals surface area contributed by atoms with Gasteiger partial charge in [-0.25, -0.2) is 4.57 Å². The van der Waals surface area contributed by atoms with E-state index in [9.17, 15) is 0 Å². The largest absolute Gasteiger partial charge is 0.205 e. The Labute approximate surface area is 148 Å². The van der Waals surface area contributed by atoms with Crippen LogP contribution in [0, 0.1) is 17.2 Å². The van der Waals surface area contributed by atoms with Gasteiger partial charge in [-0.2, -0.15) is 14.0 Å².